The molecule has 0 aliphatic carbocycles. The monoisotopic (exact) mass is 320 g/mol. The van der Waals surface area contributed by atoms with Crippen molar-refractivity contribution in [2.45, 2.75) is 19.4 Å². The van der Waals surface area contributed by atoms with Crippen molar-refractivity contribution < 1.29 is 0 Å². The van der Waals surface area contributed by atoms with E-state index in [-0.39, 0.29) is 12.4 Å². The van der Waals surface area contributed by atoms with E-state index < -0.39 is 0 Å². The van der Waals surface area contributed by atoms with Crippen molar-refractivity contribution in [3.63, 3.8) is 0 Å². The summed E-state index contributed by atoms with van der Waals surface area (Å²) in [4.78, 5) is 2.51. The van der Waals surface area contributed by atoms with Crippen molar-refractivity contribution in [2.75, 3.05) is 19.6 Å². The van der Waals surface area contributed by atoms with Crippen LogP contribution in [0.1, 0.15) is 22.7 Å². The number of aryl methyl sites for hydroxylation is 1. The zero-order chi connectivity index (χ0) is 14.8. The Labute approximate surface area is 138 Å². The lowest BCUT2D eigenvalue weighted by atomic mass is 9.89. The highest BCUT2D eigenvalue weighted by Gasteiger charge is 2.32. The standard InChI is InChI=1S/C17H24N4.ClH/c1-13-16(9-19-20(13)2)11-21-10-15(8-18)17(12-21)14-6-4-3-5-7-14;/h3-7,9,15,17H,8,10-12,18H2,1-2H3;1H/t15-,17+;/m1./s1. The third kappa shape index (κ3) is 3.35. The van der Waals surface area contributed by atoms with E-state index in [1.807, 2.05) is 17.9 Å². The Kier molecular flexibility index (Phi) is 5.62. The molecule has 3 rings (SSSR count). The Morgan fingerprint density at radius 3 is 2.55 bits per heavy atom. The molecule has 0 saturated carbocycles. The van der Waals surface area contributed by atoms with E-state index in [1.54, 1.807) is 0 Å². The molecule has 1 fully saturated rings. The maximum atomic E-state index is 6.01. The number of nitrogens with zero attached hydrogens (tertiary/aromatic N) is 3. The Hall–Kier alpha value is -1.36. The van der Waals surface area contributed by atoms with Crippen LogP contribution < -0.4 is 5.73 Å². The molecule has 0 amide bonds. The zero-order valence-electron chi connectivity index (χ0n) is 13.3. The molecule has 2 N–H and O–H groups in total. The molecule has 120 valence electrons. The fourth-order valence-electron chi connectivity index (χ4n) is 3.35. The number of rotatable bonds is 4. The number of aromatic nitrogens is 2. The van der Waals surface area contributed by atoms with Crippen LogP contribution in [0.3, 0.4) is 0 Å². The third-order valence-electron chi connectivity index (χ3n) is 4.78. The molecule has 22 heavy (non-hydrogen) atoms. The first-order chi connectivity index (χ1) is 10.2. The van der Waals surface area contributed by atoms with Gasteiger partial charge in [-0.15, -0.1) is 12.4 Å². The van der Waals surface area contributed by atoms with Gasteiger partial charge < -0.3 is 5.73 Å². The highest BCUT2D eigenvalue weighted by Crippen LogP contribution is 2.32. The molecule has 2 heterocycles. The summed E-state index contributed by atoms with van der Waals surface area (Å²) < 4.78 is 1.94. The number of halogens is 1. The van der Waals surface area contributed by atoms with Gasteiger partial charge in [0.05, 0.1) is 6.20 Å². The Bertz CT molecular complexity index is 596. The summed E-state index contributed by atoms with van der Waals surface area (Å²) in [6.07, 6.45) is 1.99. The van der Waals surface area contributed by atoms with Gasteiger partial charge in [-0.3, -0.25) is 9.58 Å². The van der Waals surface area contributed by atoms with Crippen LogP contribution >= 0.6 is 12.4 Å². The van der Waals surface area contributed by atoms with E-state index in [0.717, 1.165) is 26.2 Å². The molecule has 4 nitrogen and oxygen atoms in total. The van der Waals surface area contributed by atoms with Crippen molar-refractivity contribution in [1.29, 1.82) is 0 Å². The van der Waals surface area contributed by atoms with Crippen LogP contribution in [0.2, 0.25) is 0 Å². The lowest BCUT2D eigenvalue weighted by Crippen LogP contribution is -2.23. The van der Waals surface area contributed by atoms with Crippen LogP contribution in [0, 0.1) is 12.8 Å². The van der Waals surface area contributed by atoms with Crippen LogP contribution in [0.15, 0.2) is 36.5 Å². The summed E-state index contributed by atoms with van der Waals surface area (Å²) >= 11 is 0. The smallest absolute Gasteiger partial charge is 0.0537 e. The summed E-state index contributed by atoms with van der Waals surface area (Å²) in [5.74, 6) is 1.09. The van der Waals surface area contributed by atoms with Crippen molar-refractivity contribution in [3.8, 4) is 0 Å². The Balaban J connectivity index is 0.00000176. The number of likely N-dealkylation sites (tertiary alicyclic amines) is 1. The Morgan fingerprint density at radius 2 is 1.95 bits per heavy atom. The molecule has 2 aromatic rings. The predicted octanol–water partition coefficient (Wildman–Crippen LogP) is 2.32. The van der Waals surface area contributed by atoms with Crippen molar-refractivity contribution in [3.05, 3.63) is 53.3 Å². The number of benzene rings is 1. The summed E-state index contributed by atoms with van der Waals surface area (Å²) in [5.41, 5.74) is 10.00. The molecule has 5 heteroatoms. The predicted molar refractivity (Wildman–Crippen MR) is 92.2 cm³/mol. The summed E-state index contributed by atoms with van der Waals surface area (Å²) in [7, 11) is 2.00. The van der Waals surface area contributed by atoms with Crippen molar-refractivity contribution in [1.82, 2.24) is 14.7 Å². The SMILES string of the molecule is Cc1c(CN2C[C@@H](CN)[C@H](c3ccccc3)C2)cnn1C.Cl. The first-order valence-electron chi connectivity index (χ1n) is 7.64. The lowest BCUT2D eigenvalue weighted by molar-refractivity contribution is 0.316. The highest BCUT2D eigenvalue weighted by molar-refractivity contribution is 5.85. The van der Waals surface area contributed by atoms with Gasteiger partial charge >= 0.3 is 0 Å². The number of hydrogen-bond donors (Lipinski definition) is 1. The minimum atomic E-state index is 0. The van der Waals surface area contributed by atoms with Gasteiger partial charge in [0.1, 0.15) is 0 Å². The van der Waals surface area contributed by atoms with Gasteiger partial charge in [-0.1, -0.05) is 30.3 Å². The van der Waals surface area contributed by atoms with Crippen molar-refractivity contribution >= 4 is 12.4 Å². The van der Waals surface area contributed by atoms with Gasteiger partial charge in [0.2, 0.25) is 0 Å². The number of hydrogen-bond acceptors (Lipinski definition) is 3. The van der Waals surface area contributed by atoms with Gasteiger partial charge in [0.25, 0.3) is 0 Å². The maximum Gasteiger partial charge on any atom is 0.0537 e. The average Bonchev–Trinajstić information content (AvgIpc) is 3.07. The van der Waals surface area contributed by atoms with Gasteiger partial charge in [0.15, 0.2) is 0 Å². The molecule has 1 aliphatic heterocycles. The lowest BCUT2D eigenvalue weighted by Gasteiger charge is -2.16. The summed E-state index contributed by atoms with van der Waals surface area (Å²) in [6.45, 7) is 6.01. The van der Waals surface area contributed by atoms with Crippen LogP contribution in [-0.2, 0) is 13.6 Å². The highest BCUT2D eigenvalue weighted by atomic mass is 35.5. The molecular formula is C17H25ClN4. The first-order valence-corrected chi connectivity index (χ1v) is 7.64. The normalized spacial score (nSPS) is 21.8. The molecule has 0 radical (unpaired) electrons. The molecule has 1 saturated heterocycles. The number of nitrogens with two attached hydrogens (primary N) is 1. The molecule has 2 atom stereocenters. The molecule has 0 bridgehead atoms. The second-order valence-corrected chi connectivity index (χ2v) is 6.09. The minimum absolute atomic E-state index is 0. The quantitative estimate of drug-likeness (QED) is 0.940. The van der Waals surface area contributed by atoms with E-state index >= 15 is 0 Å². The summed E-state index contributed by atoms with van der Waals surface area (Å²) in [6, 6.07) is 10.8. The van der Waals surface area contributed by atoms with Crippen molar-refractivity contribution in [2.24, 2.45) is 18.7 Å². The second kappa shape index (κ2) is 7.27. The molecule has 1 aromatic heterocycles. The maximum absolute atomic E-state index is 6.01. The van der Waals surface area contributed by atoms with E-state index in [4.69, 9.17) is 5.73 Å². The molecule has 0 unspecified atom stereocenters. The molecule has 1 aromatic carbocycles. The van der Waals surface area contributed by atoms with Crippen LogP contribution in [0.25, 0.3) is 0 Å². The topological polar surface area (TPSA) is 47.1 Å². The van der Waals surface area contributed by atoms with E-state index in [2.05, 4.69) is 47.3 Å². The largest absolute Gasteiger partial charge is 0.330 e. The first kappa shape index (κ1) is 17.0. The van der Waals surface area contributed by atoms with Gasteiger partial charge in [-0.2, -0.15) is 5.10 Å². The Morgan fingerprint density at radius 1 is 1.23 bits per heavy atom. The molecular weight excluding hydrogens is 296 g/mol. The van der Waals surface area contributed by atoms with E-state index in [9.17, 15) is 0 Å². The average molecular weight is 321 g/mol. The fourth-order valence-corrected chi connectivity index (χ4v) is 3.35. The van der Waals surface area contributed by atoms with Crippen LogP contribution in [-0.4, -0.2) is 34.3 Å². The molecule has 1 aliphatic rings. The second-order valence-electron chi connectivity index (χ2n) is 6.09. The zero-order valence-corrected chi connectivity index (χ0v) is 14.1. The van der Waals surface area contributed by atoms with Crippen LogP contribution in [0.4, 0.5) is 0 Å². The minimum Gasteiger partial charge on any atom is -0.330 e. The van der Waals surface area contributed by atoms with Gasteiger partial charge in [0, 0.05) is 43.9 Å². The molecule has 0 spiro atoms. The van der Waals surface area contributed by atoms with E-state index in [1.165, 1.54) is 16.8 Å². The summed E-state index contributed by atoms with van der Waals surface area (Å²) in [5, 5.41) is 4.34. The van der Waals surface area contributed by atoms with Gasteiger partial charge in [-0.25, -0.2) is 0 Å². The fraction of sp³-hybridized carbons (Fsp3) is 0.471. The van der Waals surface area contributed by atoms with Crippen LogP contribution in [0.5, 0.6) is 0 Å². The van der Waals surface area contributed by atoms with E-state index in [0.29, 0.717) is 11.8 Å². The van der Waals surface area contributed by atoms with Gasteiger partial charge in [-0.05, 0) is 24.9 Å². The third-order valence-corrected chi connectivity index (χ3v) is 4.78.